The summed E-state index contributed by atoms with van der Waals surface area (Å²) in [6.45, 7) is 1.23. The molecule has 6 nitrogen and oxygen atoms in total. The Labute approximate surface area is 138 Å². The van der Waals surface area contributed by atoms with Gasteiger partial charge < -0.3 is 19.9 Å². The van der Waals surface area contributed by atoms with E-state index in [0.717, 1.165) is 17.7 Å². The van der Waals surface area contributed by atoms with Crippen LogP contribution in [-0.4, -0.2) is 35.7 Å². The first kappa shape index (κ1) is 16.2. The summed E-state index contributed by atoms with van der Waals surface area (Å²) in [6, 6.07) is 7.02. The first-order chi connectivity index (χ1) is 11.7. The maximum Gasteiger partial charge on any atom is 0.254 e. The van der Waals surface area contributed by atoms with Gasteiger partial charge in [0.1, 0.15) is 24.3 Å². The molecular weight excluding hydrogens is 313 g/mol. The average Bonchev–Trinajstić information content (AvgIpc) is 3.11. The first-order valence-corrected chi connectivity index (χ1v) is 7.63. The Kier molecular flexibility index (Phi) is 4.90. The quantitative estimate of drug-likeness (QED) is 0.876. The fraction of sp³-hybridized carbons (Fsp3) is 0.294. The number of rotatable bonds is 6. The summed E-state index contributed by atoms with van der Waals surface area (Å²) in [5, 5.41) is 3.84. The number of halogens is 1. The normalized spacial score (nSPS) is 14.7. The van der Waals surface area contributed by atoms with Crippen molar-refractivity contribution in [2.75, 3.05) is 19.7 Å². The number of ether oxygens (including phenoxy) is 1. The number of amides is 1. The second-order valence-corrected chi connectivity index (χ2v) is 5.55. The van der Waals surface area contributed by atoms with Gasteiger partial charge in [0.25, 0.3) is 5.91 Å². The van der Waals surface area contributed by atoms with Crippen LogP contribution in [0.5, 0.6) is 5.75 Å². The number of benzene rings is 1. The van der Waals surface area contributed by atoms with E-state index < -0.39 is 0 Å². The van der Waals surface area contributed by atoms with Gasteiger partial charge >= 0.3 is 0 Å². The lowest BCUT2D eigenvalue weighted by Crippen LogP contribution is -2.37. The molecule has 1 amide bonds. The van der Waals surface area contributed by atoms with Gasteiger partial charge in [0, 0.05) is 30.3 Å². The minimum Gasteiger partial charge on any atom is -0.489 e. The Morgan fingerprint density at radius 2 is 2.33 bits per heavy atom. The lowest BCUT2D eigenvalue weighted by atomic mass is 9.98. The van der Waals surface area contributed by atoms with Crippen molar-refractivity contribution >= 4 is 5.91 Å². The molecule has 0 bridgehead atoms. The molecule has 0 unspecified atom stereocenters. The van der Waals surface area contributed by atoms with Crippen LogP contribution in [0.15, 0.2) is 47.0 Å². The fourth-order valence-corrected chi connectivity index (χ4v) is 2.58. The van der Waals surface area contributed by atoms with Gasteiger partial charge in [0.15, 0.2) is 0 Å². The number of carbonyl (C=O) groups is 1. The van der Waals surface area contributed by atoms with Crippen molar-refractivity contribution in [2.24, 2.45) is 5.73 Å². The molecule has 0 fully saturated rings. The van der Waals surface area contributed by atoms with Crippen LogP contribution in [0.4, 0.5) is 4.39 Å². The summed E-state index contributed by atoms with van der Waals surface area (Å²) in [6.07, 6.45) is 2.67. The highest BCUT2D eigenvalue weighted by atomic mass is 19.1. The maximum atomic E-state index is 12.6. The Morgan fingerprint density at radius 1 is 1.46 bits per heavy atom. The molecule has 0 aliphatic carbocycles. The SMILES string of the molecule is NC/C(=C\F)COc1ccc2c(c1)CCN(Cc1ccon1)C2=O. The average molecular weight is 331 g/mol. The first-order valence-electron chi connectivity index (χ1n) is 7.63. The number of fused-ring (bicyclic) bond motifs is 1. The van der Waals surface area contributed by atoms with E-state index in [1.165, 1.54) is 6.26 Å². The third kappa shape index (κ3) is 3.46. The highest BCUT2D eigenvalue weighted by Gasteiger charge is 2.25. The molecule has 1 aliphatic heterocycles. The zero-order chi connectivity index (χ0) is 16.9. The van der Waals surface area contributed by atoms with E-state index >= 15 is 0 Å². The molecule has 1 aliphatic rings. The molecule has 1 aromatic carbocycles. The van der Waals surface area contributed by atoms with Crippen LogP contribution in [0.3, 0.4) is 0 Å². The van der Waals surface area contributed by atoms with Crippen LogP contribution in [-0.2, 0) is 13.0 Å². The number of carbonyl (C=O) groups excluding carboxylic acids is 1. The van der Waals surface area contributed by atoms with Gasteiger partial charge in [0.05, 0.1) is 12.9 Å². The molecule has 0 spiro atoms. The molecule has 0 radical (unpaired) electrons. The van der Waals surface area contributed by atoms with E-state index in [9.17, 15) is 9.18 Å². The summed E-state index contributed by atoms with van der Waals surface area (Å²) < 4.78 is 22.8. The van der Waals surface area contributed by atoms with Crippen LogP contribution in [0.25, 0.3) is 0 Å². The predicted molar refractivity (Wildman–Crippen MR) is 85.1 cm³/mol. The third-order valence-corrected chi connectivity index (χ3v) is 3.93. The monoisotopic (exact) mass is 331 g/mol. The topological polar surface area (TPSA) is 81.6 Å². The Bertz CT molecular complexity index is 744. The minimum absolute atomic E-state index is 0.0444. The second-order valence-electron chi connectivity index (χ2n) is 5.55. The van der Waals surface area contributed by atoms with E-state index in [1.807, 2.05) is 6.07 Å². The van der Waals surface area contributed by atoms with Crippen LogP contribution >= 0.6 is 0 Å². The van der Waals surface area contributed by atoms with Crippen LogP contribution in [0, 0.1) is 0 Å². The Hall–Kier alpha value is -2.67. The van der Waals surface area contributed by atoms with Gasteiger partial charge in [0.2, 0.25) is 0 Å². The Balaban J connectivity index is 1.70. The summed E-state index contributed by atoms with van der Waals surface area (Å²) in [4.78, 5) is 14.3. The van der Waals surface area contributed by atoms with Crippen molar-refractivity contribution in [3.8, 4) is 5.75 Å². The minimum atomic E-state index is -0.0444. The second kappa shape index (κ2) is 7.27. The van der Waals surface area contributed by atoms with Gasteiger partial charge in [-0.05, 0) is 30.2 Å². The summed E-state index contributed by atoms with van der Waals surface area (Å²) in [5.41, 5.74) is 8.07. The van der Waals surface area contributed by atoms with Crippen molar-refractivity contribution in [3.63, 3.8) is 0 Å². The van der Waals surface area contributed by atoms with E-state index in [1.54, 1.807) is 23.1 Å². The lowest BCUT2D eigenvalue weighted by Gasteiger charge is -2.28. The van der Waals surface area contributed by atoms with E-state index in [0.29, 0.717) is 36.3 Å². The number of hydrogen-bond acceptors (Lipinski definition) is 5. The zero-order valence-electron chi connectivity index (χ0n) is 13.1. The molecule has 0 saturated carbocycles. The molecule has 1 aromatic heterocycles. The van der Waals surface area contributed by atoms with Gasteiger partial charge in [-0.15, -0.1) is 0 Å². The molecular formula is C17H18FN3O3. The standard InChI is InChI=1S/C17H18FN3O3/c18-8-12(9-19)11-23-15-1-2-16-13(7-15)3-5-21(17(16)22)10-14-4-6-24-20-14/h1-2,4,6-8H,3,5,9-11,19H2/b12-8+. The lowest BCUT2D eigenvalue weighted by molar-refractivity contribution is 0.0723. The molecule has 3 rings (SSSR count). The summed E-state index contributed by atoms with van der Waals surface area (Å²) in [5.74, 6) is 0.552. The van der Waals surface area contributed by atoms with Gasteiger partial charge in [-0.1, -0.05) is 5.16 Å². The van der Waals surface area contributed by atoms with Gasteiger partial charge in [-0.25, -0.2) is 4.39 Å². The maximum absolute atomic E-state index is 12.6. The number of nitrogens with two attached hydrogens (primary N) is 1. The number of nitrogens with zero attached hydrogens (tertiary/aromatic N) is 2. The molecule has 24 heavy (non-hydrogen) atoms. The van der Waals surface area contributed by atoms with Gasteiger partial charge in [-0.2, -0.15) is 0 Å². The van der Waals surface area contributed by atoms with Crippen LogP contribution in [0.1, 0.15) is 21.6 Å². The van der Waals surface area contributed by atoms with Crippen molar-refractivity contribution in [3.05, 3.63) is 59.3 Å². The third-order valence-electron chi connectivity index (χ3n) is 3.93. The van der Waals surface area contributed by atoms with Crippen LogP contribution in [0.2, 0.25) is 0 Å². The Morgan fingerprint density at radius 3 is 3.04 bits per heavy atom. The number of hydrogen-bond donors (Lipinski definition) is 1. The highest BCUT2D eigenvalue weighted by Crippen LogP contribution is 2.25. The molecule has 2 aromatic rings. The molecule has 2 heterocycles. The molecule has 7 heteroatoms. The largest absolute Gasteiger partial charge is 0.489 e. The highest BCUT2D eigenvalue weighted by molar-refractivity contribution is 5.96. The zero-order valence-corrected chi connectivity index (χ0v) is 13.1. The van der Waals surface area contributed by atoms with E-state index in [2.05, 4.69) is 5.16 Å². The predicted octanol–water partition coefficient (Wildman–Crippen LogP) is 2.06. The van der Waals surface area contributed by atoms with Gasteiger partial charge in [-0.3, -0.25) is 4.79 Å². The fourth-order valence-electron chi connectivity index (χ4n) is 2.58. The molecule has 0 atom stereocenters. The van der Waals surface area contributed by atoms with Crippen molar-refractivity contribution in [1.82, 2.24) is 10.1 Å². The van der Waals surface area contributed by atoms with E-state index in [4.69, 9.17) is 15.0 Å². The number of aromatic nitrogens is 1. The van der Waals surface area contributed by atoms with Crippen molar-refractivity contribution in [2.45, 2.75) is 13.0 Å². The summed E-state index contributed by atoms with van der Waals surface area (Å²) >= 11 is 0. The smallest absolute Gasteiger partial charge is 0.254 e. The summed E-state index contributed by atoms with van der Waals surface area (Å²) in [7, 11) is 0. The van der Waals surface area contributed by atoms with Crippen LogP contribution < -0.4 is 10.5 Å². The van der Waals surface area contributed by atoms with Crippen molar-refractivity contribution < 1.29 is 18.4 Å². The molecule has 2 N–H and O–H groups in total. The molecule has 0 saturated heterocycles. The molecule has 126 valence electrons. The van der Waals surface area contributed by atoms with E-state index in [-0.39, 0.29) is 19.1 Å². The van der Waals surface area contributed by atoms with Crippen molar-refractivity contribution in [1.29, 1.82) is 0 Å².